The zero-order chi connectivity index (χ0) is 16.9. The van der Waals surface area contributed by atoms with Crippen LogP contribution in [-0.2, 0) is 14.4 Å². The molecule has 0 aliphatic carbocycles. The first kappa shape index (κ1) is 17.5. The SMILES string of the molecule is Cc1ccc(C(C)C)c(OCC(=O)NC(C(N)=O)C(N)=O)c1. The highest BCUT2D eigenvalue weighted by molar-refractivity contribution is 6.05. The fourth-order valence-corrected chi connectivity index (χ4v) is 1.87. The maximum atomic E-state index is 11.8. The molecule has 3 amide bonds. The van der Waals surface area contributed by atoms with E-state index < -0.39 is 23.8 Å². The third-order valence-corrected chi connectivity index (χ3v) is 3.02. The first-order valence-corrected chi connectivity index (χ1v) is 6.83. The van der Waals surface area contributed by atoms with Gasteiger partial charge in [-0.2, -0.15) is 0 Å². The van der Waals surface area contributed by atoms with Crippen LogP contribution in [0.25, 0.3) is 0 Å². The van der Waals surface area contributed by atoms with Crippen LogP contribution < -0.4 is 21.5 Å². The zero-order valence-corrected chi connectivity index (χ0v) is 12.9. The van der Waals surface area contributed by atoms with Gasteiger partial charge in [0.05, 0.1) is 0 Å². The summed E-state index contributed by atoms with van der Waals surface area (Å²) in [5, 5.41) is 2.14. The molecule has 22 heavy (non-hydrogen) atoms. The van der Waals surface area contributed by atoms with Gasteiger partial charge < -0.3 is 21.5 Å². The predicted molar refractivity (Wildman–Crippen MR) is 81.1 cm³/mol. The molecule has 1 aromatic rings. The largest absolute Gasteiger partial charge is 0.483 e. The highest BCUT2D eigenvalue weighted by Crippen LogP contribution is 2.27. The molecule has 5 N–H and O–H groups in total. The van der Waals surface area contributed by atoms with Crippen LogP contribution in [-0.4, -0.2) is 30.4 Å². The highest BCUT2D eigenvalue weighted by Gasteiger charge is 2.24. The molecule has 0 atom stereocenters. The predicted octanol–water partition coefficient (Wildman–Crippen LogP) is -0.0474. The molecule has 0 heterocycles. The molecule has 0 radical (unpaired) electrons. The number of hydrogen-bond acceptors (Lipinski definition) is 4. The molecular weight excluding hydrogens is 286 g/mol. The minimum absolute atomic E-state index is 0.225. The van der Waals surface area contributed by atoms with E-state index in [0.29, 0.717) is 5.75 Å². The second-order valence-electron chi connectivity index (χ2n) is 5.29. The van der Waals surface area contributed by atoms with E-state index in [1.807, 2.05) is 39.0 Å². The summed E-state index contributed by atoms with van der Waals surface area (Å²) in [6.07, 6.45) is 0. The molecule has 0 fully saturated rings. The van der Waals surface area contributed by atoms with Crippen LogP contribution >= 0.6 is 0 Å². The third-order valence-electron chi connectivity index (χ3n) is 3.02. The Morgan fingerprint density at radius 2 is 1.77 bits per heavy atom. The number of carbonyl (C=O) groups excluding carboxylic acids is 3. The third kappa shape index (κ3) is 4.76. The number of aryl methyl sites for hydroxylation is 1. The molecular formula is C15H21N3O4. The average molecular weight is 307 g/mol. The van der Waals surface area contributed by atoms with Crippen molar-refractivity contribution < 1.29 is 19.1 Å². The number of nitrogens with two attached hydrogens (primary N) is 2. The first-order valence-electron chi connectivity index (χ1n) is 6.83. The molecule has 0 bridgehead atoms. The number of ether oxygens (including phenoxy) is 1. The molecule has 0 spiro atoms. The van der Waals surface area contributed by atoms with Crippen LogP contribution in [0.2, 0.25) is 0 Å². The van der Waals surface area contributed by atoms with Crippen LogP contribution in [0, 0.1) is 6.92 Å². The van der Waals surface area contributed by atoms with Crippen molar-refractivity contribution in [2.45, 2.75) is 32.7 Å². The van der Waals surface area contributed by atoms with Crippen molar-refractivity contribution in [2.24, 2.45) is 11.5 Å². The highest BCUT2D eigenvalue weighted by atomic mass is 16.5. The molecule has 1 rings (SSSR count). The van der Waals surface area contributed by atoms with Crippen LogP contribution in [0.1, 0.15) is 30.9 Å². The first-order chi connectivity index (χ1) is 10.2. The summed E-state index contributed by atoms with van der Waals surface area (Å²) in [5.41, 5.74) is 11.9. The standard InChI is InChI=1S/C15H21N3O4/c1-8(2)10-5-4-9(3)6-11(10)22-7-12(19)18-13(14(16)20)15(17)21/h4-6,8,13H,7H2,1-3H3,(H2,16,20)(H2,17,21)(H,18,19). The number of rotatable bonds is 7. The molecule has 7 heteroatoms. The molecule has 1 aromatic carbocycles. The topological polar surface area (TPSA) is 125 Å². The maximum absolute atomic E-state index is 11.8. The van der Waals surface area contributed by atoms with Gasteiger partial charge in [-0.15, -0.1) is 0 Å². The van der Waals surface area contributed by atoms with E-state index in [1.165, 1.54) is 0 Å². The number of nitrogens with one attached hydrogen (secondary N) is 1. The van der Waals surface area contributed by atoms with Crippen LogP contribution in [0.5, 0.6) is 5.75 Å². The van der Waals surface area contributed by atoms with E-state index in [1.54, 1.807) is 0 Å². The lowest BCUT2D eigenvalue weighted by Crippen LogP contribution is -2.53. The summed E-state index contributed by atoms with van der Waals surface area (Å²) in [6, 6.07) is 4.17. The van der Waals surface area contributed by atoms with Crippen molar-refractivity contribution in [3.05, 3.63) is 29.3 Å². The molecule has 0 aliphatic rings. The summed E-state index contributed by atoms with van der Waals surface area (Å²) in [4.78, 5) is 33.8. The molecule has 0 saturated heterocycles. The Hall–Kier alpha value is -2.57. The van der Waals surface area contributed by atoms with E-state index in [-0.39, 0.29) is 12.5 Å². The van der Waals surface area contributed by atoms with Crippen molar-refractivity contribution in [3.63, 3.8) is 0 Å². The number of carbonyl (C=O) groups is 3. The van der Waals surface area contributed by atoms with E-state index in [9.17, 15) is 14.4 Å². The Morgan fingerprint density at radius 3 is 2.27 bits per heavy atom. The van der Waals surface area contributed by atoms with Crippen molar-refractivity contribution in [1.82, 2.24) is 5.32 Å². The summed E-state index contributed by atoms with van der Waals surface area (Å²) in [6.45, 7) is 5.58. The molecule has 0 aliphatic heterocycles. The number of hydrogen-bond donors (Lipinski definition) is 3. The Morgan fingerprint density at radius 1 is 1.18 bits per heavy atom. The molecule has 0 aromatic heterocycles. The minimum atomic E-state index is -1.54. The smallest absolute Gasteiger partial charge is 0.258 e. The number of benzene rings is 1. The molecule has 0 unspecified atom stereocenters. The maximum Gasteiger partial charge on any atom is 0.258 e. The monoisotopic (exact) mass is 307 g/mol. The van der Waals surface area contributed by atoms with Gasteiger partial charge in [0.15, 0.2) is 12.6 Å². The summed E-state index contributed by atoms with van der Waals surface area (Å²) >= 11 is 0. The van der Waals surface area contributed by atoms with Crippen molar-refractivity contribution >= 4 is 17.7 Å². The lowest BCUT2D eigenvalue weighted by atomic mass is 10.0. The summed E-state index contributed by atoms with van der Waals surface area (Å²) < 4.78 is 5.49. The second-order valence-corrected chi connectivity index (χ2v) is 5.29. The van der Waals surface area contributed by atoms with E-state index in [2.05, 4.69) is 5.32 Å². The van der Waals surface area contributed by atoms with Gasteiger partial charge in [0.1, 0.15) is 5.75 Å². The molecule has 7 nitrogen and oxygen atoms in total. The van der Waals surface area contributed by atoms with Gasteiger partial charge in [-0.25, -0.2) is 0 Å². The Bertz CT molecular complexity index is 570. The summed E-state index contributed by atoms with van der Waals surface area (Å²) in [5.74, 6) is -1.88. The molecule has 120 valence electrons. The fourth-order valence-electron chi connectivity index (χ4n) is 1.87. The van der Waals surface area contributed by atoms with Crippen LogP contribution in [0.15, 0.2) is 18.2 Å². The Kier molecular flexibility index (Phi) is 5.91. The number of amides is 3. The van der Waals surface area contributed by atoms with Gasteiger partial charge >= 0.3 is 0 Å². The van der Waals surface area contributed by atoms with Crippen molar-refractivity contribution in [2.75, 3.05) is 6.61 Å². The Balaban J connectivity index is 2.74. The summed E-state index contributed by atoms with van der Waals surface area (Å²) in [7, 11) is 0. The number of primary amides is 2. The second kappa shape index (κ2) is 7.44. The van der Waals surface area contributed by atoms with E-state index >= 15 is 0 Å². The zero-order valence-electron chi connectivity index (χ0n) is 12.9. The molecule has 0 saturated carbocycles. The lowest BCUT2D eigenvalue weighted by molar-refractivity contribution is -0.134. The van der Waals surface area contributed by atoms with Gasteiger partial charge in [-0.05, 0) is 30.0 Å². The average Bonchev–Trinajstić information content (AvgIpc) is 2.41. The van der Waals surface area contributed by atoms with Gasteiger partial charge in [0.25, 0.3) is 5.91 Å². The quantitative estimate of drug-likeness (QED) is 0.611. The van der Waals surface area contributed by atoms with E-state index in [0.717, 1.165) is 11.1 Å². The van der Waals surface area contributed by atoms with Gasteiger partial charge in [0.2, 0.25) is 11.8 Å². The Labute approximate surface area is 129 Å². The van der Waals surface area contributed by atoms with Gasteiger partial charge in [0, 0.05) is 0 Å². The minimum Gasteiger partial charge on any atom is -0.483 e. The van der Waals surface area contributed by atoms with Crippen molar-refractivity contribution in [1.29, 1.82) is 0 Å². The fraction of sp³-hybridized carbons (Fsp3) is 0.400. The van der Waals surface area contributed by atoms with Gasteiger partial charge in [-0.3, -0.25) is 14.4 Å². The lowest BCUT2D eigenvalue weighted by Gasteiger charge is -2.16. The normalized spacial score (nSPS) is 10.6. The van der Waals surface area contributed by atoms with E-state index in [4.69, 9.17) is 16.2 Å². The van der Waals surface area contributed by atoms with Crippen LogP contribution in [0.3, 0.4) is 0 Å². The van der Waals surface area contributed by atoms with Crippen LogP contribution in [0.4, 0.5) is 0 Å². The van der Waals surface area contributed by atoms with Gasteiger partial charge in [-0.1, -0.05) is 26.0 Å². The van der Waals surface area contributed by atoms with Crippen molar-refractivity contribution in [3.8, 4) is 5.75 Å².